The predicted molar refractivity (Wildman–Crippen MR) is 54.5 cm³/mol. The van der Waals surface area contributed by atoms with Crippen LogP contribution in [0, 0.1) is 11.7 Å². The molecule has 1 aromatic rings. The summed E-state index contributed by atoms with van der Waals surface area (Å²) in [4.78, 5) is 10.8. The smallest absolute Gasteiger partial charge is 0.419 e. The van der Waals surface area contributed by atoms with E-state index < -0.39 is 35.4 Å². The molecule has 1 aromatic carbocycles. The van der Waals surface area contributed by atoms with Gasteiger partial charge < -0.3 is 5.11 Å². The number of alkyl halides is 3. The number of rotatable bonds is 2. The lowest BCUT2D eigenvalue weighted by molar-refractivity contribution is -0.145. The molecular weight excluding hydrogens is 252 g/mol. The molecule has 6 heteroatoms. The summed E-state index contributed by atoms with van der Waals surface area (Å²) in [7, 11) is 0. The fraction of sp³-hybridized carbons (Fsp3) is 0.417. The Bertz CT molecular complexity index is 481. The Morgan fingerprint density at radius 2 is 1.94 bits per heavy atom. The number of hydrogen-bond donors (Lipinski definition) is 1. The molecule has 0 bridgehead atoms. The summed E-state index contributed by atoms with van der Waals surface area (Å²) >= 11 is 0. The van der Waals surface area contributed by atoms with Crippen molar-refractivity contribution in [3.63, 3.8) is 0 Å². The maximum absolute atomic E-state index is 13.1. The third-order valence-electron chi connectivity index (χ3n) is 3.32. The summed E-state index contributed by atoms with van der Waals surface area (Å²) in [6.07, 6.45) is -3.80. The van der Waals surface area contributed by atoms with Crippen molar-refractivity contribution in [1.82, 2.24) is 0 Å². The minimum Gasteiger partial charge on any atom is -0.481 e. The summed E-state index contributed by atoms with van der Waals surface area (Å²) in [6.45, 7) is 0. The van der Waals surface area contributed by atoms with Crippen LogP contribution in [0.5, 0.6) is 0 Å². The number of hydrogen-bond acceptors (Lipinski definition) is 1. The lowest BCUT2D eigenvalue weighted by Gasteiger charge is -2.34. The van der Waals surface area contributed by atoms with Crippen molar-refractivity contribution in [1.29, 1.82) is 0 Å². The van der Waals surface area contributed by atoms with Crippen molar-refractivity contribution in [3.8, 4) is 0 Å². The summed E-state index contributed by atoms with van der Waals surface area (Å²) < 4.78 is 50.6. The molecule has 0 aromatic heterocycles. The van der Waals surface area contributed by atoms with Gasteiger partial charge in [0.1, 0.15) is 5.82 Å². The number of aliphatic carboxylic acids is 1. The maximum Gasteiger partial charge on any atom is 0.419 e. The lowest BCUT2D eigenvalue weighted by atomic mass is 9.70. The molecule has 0 heterocycles. The molecule has 0 spiro atoms. The monoisotopic (exact) mass is 262 g/mol. The molecule has 1 saturated carbocycles. The Kier molecular flexibility index (Phi) is 3.04. The van der Waals surface area contributed by atoms with Gasteiger partial charge in [-0.15, -0.1) is 0 Å². The van der Waals surface area contributed by atoms with E-state index in [1.54, 1.807) is 0 Å². The summed E-state index contributed by atoms with van der Waals surface area (Å²) in [5, 5.41) is 8.85. The van der Waals surface area contributed by atoms with Gasteiger partial charge in [0.25, 0.3) is 0 Å². The molecule has 0 aliphatic heterocycles. The van der Waals surface area contributed by atoms with Gasteiger partial charge in [0.15, 0.2) is 0 Å². The lowest BCUT2D eigenvalue weighted by Crippen LogP contribution is -2.31. The Balaban J connectivity index is 2.33. The Hall–Kier alpha value is -1.59. The zero-order chi connectivity index (χ0) is 13.5. The number of benzene rings is 1. The van der Waals surface area contributed by atoms with Crippen LogP contribution in [0.25, 0.3) is 0 Å². The SMILES string of the molecule is O=C(O)C1CCC1c1ccc(F)c(C(F)(F)F)c1. The minimum absolute atomic E-state index is 0.238. The van der Waals surface area contributed by atoms with Crippen LogP contribution in [0.2, 0.25) is 0 Å². The molecule has 98 valence electrons. The number of halogens is 4. The topological polar surface area (TPSA) is 37.3 Å². The average molecular weight is 262 g/mol. The van der Waals surface area contributed by atoms with Crippen LogP contribution in [0.4, 0.5) is 17.6 Å². The van der Waals surface area contributed by atoms with E-state index in [0.717, 1.165) is 12.1 Å². The summed E-state index contributed by atoms with van der Waals surface area (Å²) in [5.74, 6) is -3.48. The molecule has 0 saturated heterocycles. The Morgan fingerprint density at radius 1 is 1.28 bits per heavy atom. The van der Waals surface area contributed by atoms with Crippen LogP contribution in [0.1, 0.15) is 29.9 Å². The first-order valence-electron chi connectivity index (χ1n) is 5.40. The molecule has 1 aliphatic rings. The normalized spacial score (nSPS) is 23.6. The van der Waals surface area contributed by atoms with Gasteiger partial charge in [0.2, 0.25) is 0 Å². The third kappa shape index (κ3) is 2.19. The Labute approximate surface area is 100 Å². The highest BCUT2D eigenvalue weighted by molar-refractivity contribution is 5.72. The van der Waals surface area contributed by atoms with Gasteiger partial charge >= 0.3 is 12.1 Å². The quantitative estimate of drug-likeness (QED) is 0.829. The standard InChI is InChI=1S/C12H10F4O2/c13-10-4-1-6(5-9(10)12(14,15)16)7-2-3-8(7)11(17)18/h1,4-5,7-8H,2-3H2,(H,17,18). The van der Waals surface area contributed by atoms with E-state index in [1.165, 1.54) is 6.07 Å². The average Bonchev–Trinajstić information content (AvgIpc) is 2.16. The number of carbonyl (C=O) groups is 1. The van der Waals surface area contributed by atoms with Crippen LogP contribution in [-0.2, 0) is 11.0 Å². The van der Waals surface area contributed by atoms with Gasteiger partial charge in [-0.1, -0.05) is 6.07 Å². The highest BCUT2D eigenvalue weighted by Crippen LogP contribution is 2.44. The molecular formula is C12H10F4O2. The van der Waals surface area contributed by atoms with Crippen molar-refractivity contribution < 1.29 is 27.5 Å². The van der Waals surface area contributed by atoms with Crippen molar-refractivity contribution >= 4 is 5.97 Å². The second-order valence-corrected chi connectivity index (χ2v) is 4.37. The van der Waals surface area contributed by atoms with Gasteiger partial charge in [-0.3, -0.25) is 4.79 Å². The van der Waals surface area contributed by atoms with Crippen molar-refractivity contribution in [2.45, 2.75) is 24.9 Å². The molecule has 2 unspecified atom stereocenters. The number of carboxylic acids is 1. The fourth-order valence-electron chi connectivity index (χ4n) is 2.19. The second kappa shape index (κ2) is 4.26. The minimum atomic E-state index is -4.76. The van der Waals surface area contributed by atoms with E-state index in [4.69, 9.17) is 5.11 Å². The molecule has 1 aliphatic carbocycles. The van der Waals surface area contributed by atoms with Crippen LogP contribution in [0.15, 0.2) is 18.2 Å². The van der Waals surface area contributed by atoms with Crippen molar-refractivity contribution in [2.24, 2.45) is 5.92 Å². The number of carboxylic acid groups (broad SMARTS) is 1. The first-order chi connectivity index (χ1) is 8.30. The van der Waals surface area contributed by atoms with E-state index in [2.05, 4.69) is 0 Å². The first-order valence-corrected chi connectivity index (χ1v) is 5.40. The summed E-state index contributed by atoms with van der Waals surface area (Å²) in [5.41, 5.74) is -1.10. The molecule has 1 fully saturated rings. The second-order valence-electron chi connectivity index (χ2n) is 4.37. The first kappa shape index (κ1) is 12.9. The van der Waals surface area contributed by atoms with Crippen molar-refractivity contribution in [2.75, 3.05) is 0 Å². The third-order valence-corrected chi connectivity index (χ3v) is 3.32. The zero-order valence-electron chi connectivity index (χ0n) is 9.17. The van der Waals surface area contributed by atoms with Gasteiger partial charge in [-0.05, 0) is 36.5 Å². The summed E-state index contributed by atoms with van der Waals surface area (Å²) in [6, 6.07) is 2.69. The molecule has 1 N–H and O–H groups in total. The molecule has 2 rings (SSSR count). The van der Waals surface area contributed by atoms with Gasteiger partial charge in [-0.2, -0.15) is 13.2 Å². The molecule has 0 amide bonds. The largest absolute Gasteiger partial charge is 0.481 e. The van der Waals surface area contributed by atoms with Gasteiger partial charge in [0.05, 0.1) is 11.5 Å². The highest BCUT2D eigenvalue weighted by Gasteiger charge is 2.40. The zero-order valence-corrected chi connectivity index (χ0v) is 9.17. The van der Waals surface area contributed by atoms with Crippen LogP contribution < -0.4 is 0 Å². The molecule has 2 nitrogen and oxygen atoms in total. The van der Waals surface area contributed by atoms with E-state index in [9.17, 15) is 22.4 Å². The van der Waals surface area contributed by atoms with Crippen LogP contribution >= 0.6 is 0 Å². The molecule has 18 heavy (non-hydrogen) atoms. The van der Waals surface area contributed by atoms with Gasteiger partial charge in [-0.25, -0.2) is 4.39 Å². The van der Waals surface area contributed by atoms with Crippen molar-refractivity contribution in [3.05, 3.63) is 35.1 Å². The molecule has 2 atom stereocenters. The predicted octanol–water partition coefficient (Wildman–Crippen LogP) is 3.42. The van der Waals surface area contributed by atoms with Gasteiger partial charge in [0, 0.05) is 0 Å². The highest BCUT2D eigenvalue weighted by atomic mass is 19.4. The maximum atomic E-state index is 13.1. The van der Waals surface area contributed by atoms with E-state index in [0.29, 0.717) is 12.8 Å². The van der Waals surface area contributed by atoms with Crippen LogP contribution in [0.3, 0.4) is 0 Å². The van der Waals surface area contributed by atoms with E-state index in [1.807, 2.05) is 0 Å². The Morgan fingerprint density at radius 3 is 2.39 bits per heavy atom. The van der Waals surface area contributed by atoms with E-state index >= 15 is 0 Å². The van der Waals surface area contributed by atoms with E-state index in [-0.39, 0.29) is 5.56 Å². The molecule has 0 radical (unpaired) electrons. The fourth-order valence-corrected chi connectivity index (χ4v) is 2.19. The van der Waals surface area contributed by atoms with Crippen LogP contribution in [-0.4, -0.2) is 11.1 Å².